The van der Waals surface area contributed by atoms with Gasteiger partial charge in [-0.1, -0.05) is 32.6 Å². The van der Waals surface area contributed by atoms with Gasteiger partial charge in [0.05, 0.1) is 0 Å². The van der Waals surface area contributed by atoms with Gasteiger partial charge in [-0.3, -0.25) is 8.80 Å². The Balaban J connectivity index is 0. The Morgan fingerprint density at radius 2 is 1.60 bits per heavy atom. The molecule has 0 atom stereocenters. The van der Waals surface area contributed by atoms with Crippen LogP contribution in [0.4, 0.5) is 0 Å². The molecule has 0 aliphatic carbocycles. The zero-order valence-corrected chi connectivity index (χ0v) is 12.2. The van der Waals surface area contributed by atoms with E-state index in [1.807, 2.05) is 0 Å². The summed E-state index contributed by atoms with van der Waals surface area (Å²) in [7, 11) is 0.0849. The van der Waals surface area contributed by atoms with Crippen LogP contribution in [-0.2, 0) is 0 Å². The molecule has 0 saturated carbocycles. The summed E-state index contributed by atoms with van der Waals surface area (Å²) in [4.78, 5) is 0. The molecule has 0 aromatic heterocycles. The summed E-state index contributed by atoms with van der Waals surface area (Å²) >= 11 is 0. The van der Waals surface area contributed by atoms with E-state index in [9.17, 15) is 0 Å². The summed E-state index contributed by atoms with van der Waals surface area (Å²) in [6.07, 6.45) is 5.76. The van der Waals surface area contributed by atoms with Crippen LogP contribution in [0.1, 0.15) is 32.6 Å². The van der Waals surface area contributed by atoms with Crippen LogP contribution >= 0.6 is 0 Å². The molecule has 0 bridgehead atoms. The van der Waals surface area contributed by atoms with Crippen molar-refractivity contribution in [2.75, 3.05) is 0 Å². The van der Waals surface area contributed by atoms with Crippen molar-refractivity contribution < 1.29 is 51.4 Å². The van der Waals surface area contributed by atoms with Crippen molar-refractivity contribution in [2.45, 2.75) is 51.7 Å². The minimum atomic E-state index is 0. The molecule has 0 unspecified atom stereocenters. The summed E-state index contributed by atoms with van der Waals surface area (Å²) in [5.74, 6) is 0. The molecule has 0 aromatic carbocycles. The smallest absolute Gasteiger partial charge is 0.267 e. The van der Waals surface area contributed by atoms with Crippen LogP contribution in [-0.4, -0.2) is 8.80 Å². The fourth-order valence-electron chi connectivity index (χ4n) is 0.905. The Bertz CT molecular complexity index is 55.2. The maximum absolute atomic E-state index is 2.40. The SMILES string of the molecule is CCCCCC[Si-](C)C.[K+]. The Kier molecular flexibility index (Phi) is 15.6. The van der Waals surface area contributed by atoms with E-state index in [0.29, 0.717) is 0 Å². The molecule has 0 heterocycles. The predicted molar refractivity (Wildman–Crippen MR) is 46.4 cm³/mol. The molecule has 56 valence electrons. The van der Waals surface area contributed by atoms with E-state index >= 15 is 0 Å². The molecular weight excluding hydrogens is 163 g/mol. The molecule has 0 aliphatic rings. The molecule has 0 saturated heterocycles. The first-order chi connectivity index (χ1) is 4.27. The second-order valence-corrected chi connectivity index (χ2v) is 5.93. The van der Waals surface area contributed by atoms with Gasteiger partial charge in [0.15, 0.2) is 0 Å². The molecule has 0 spiro atoms. The van der Waals surface area contributed by atoms with Gasteiger partial charge < -0.3 is 0 Å². The van der Waals surface area contributed by atoms with Gasteiger partial charge in [-0.15, -0.1) is 0 Å². The summed E-state index contributed by atoms with van der Waals surface area (Å²) in [6.45, 7) is 7.07. The fraction of sp³-hybridized carbons (Fsp3) is 1.00. The Morgan fingerprint density at radius 1 is 1.00 bits per heavy atom. The van der Waals surface area contributed by atoms with Crippen LogP contribution in [0.15, 0.2) is 0 Å². The average molecular weight is 182 g/mol. The Hall–Kier alpha value is 1.85. The van der Waals surface area contributed by atoms with Crippen LogP contribution in [0.5, 0.6) is 0 Å². The van der Waals surface area contributed by atoms with E-state index in [0.717, 1.165) is 0 Å². The van der Waals surface area contributed by atoms with E-state index < -0.39 is 0 Å². The van der Waals surface area contributed by atoms with Crippen LogP contribution in [0.3, 0.4) is 0 Å². The van der Waals surface area contributed by atoms with E-state index in [1.165, 1.54) is 31.7 Å². The molecule has 0 fully saturated rings. The van der Waals surface area contributed by atoms with Crippen molar-refractivity contribution in [3.8, 4) is 0 Å². The van der Waals surface area contributed by atoms with Crippen molar-refractivity contribution in [3.05, 3.63) is 0 Å². The van der Waals surface area contributed by atoms with Crippen molar-refractivity contribution in [1.29, 1.82) is 0 Å². The third-order valence-corrected chi connectivity index (χ3v) is 2.88. The number of hydrogen-bond donors (Lipinski definition) is 0. The van der Waals surface area contributed by atoms with Gasteiger partial charge in [0.1, 0.15) is 0 Å². The van der Waals surface area contributed by atoms with Crippen LogP contribution in [0.2, 0.25) is 19.1 Å². The molecular formula is C8H19KSi. The second-order valence-electron chi connectivity index (χ2n) is 3.02. The van der Waals surface area contributed by atoms with Gasteiger partial charge in [0.2, 0.25) is 0 Å². The van der Waals surface area contributed by atoms with Crippen molar-refractivity contribution in [1.82, 2.24) is 0 Å². The topological polar surface area (TPSA) is 0 Å². The van der Waals surface area contributed by atoms with Crippen LogP contribution < -0.4 is 51.4 Å². The average Bonchev–Trinajstić information content (AvgIpc) is 1.80. The third-order valence-electron chi connectivity index (χ3n) is 1.53. The molecule has 0 rings (SSSR count). The van der Waals surface area contributed by atoms with Crippen molar-refractivity contribution in [2.24, 2.45) is 0 Å². The quantitative estimate of drug-likeness (QED) is 0.424. The van der Waals surface area contributed by atoms with Gasteiger partial charge in [-0.25, -0.2) is 0 Å². The minimum Gasteiger partial charge on any atom is -0.267 e. The van der Waals surface area contributed by atoms with Gasteiger partial charge >= 0.3 is 51.4 Å². The van der Waals surface area contributed by atoms with Gasteiger partial charge in [0, 0.05) is 0 Å². The number of unbranched alkanes of at least 4 members (excludes halogenated alkanes) is 3. The minimum absolute atomic E-state index is 0. The zero-order valence-electron chi connectivity index (χ0n) is 8.04. The monoisotopic (exact) mass is 182 g/mol. The molecule has 0 aliphatic heterocycles. The van der Waals surface area contributed by atoms with Gasteiger partial charge in [-0.05, 0) is 0 Å². The maximum Gasteiger partial charge on any atom is 1.00 e. The Morgan fingerprint density at radius 3 is 2.00 bits per heavy atom. The standard InChI is InChI=1S/C8H19Si.K/c1-4-5-6-7-8-9(2)3;/h4-8H2,1-3H3;/q-1;+1. The van der Waals surface area contributed by atoms with Crippen LogP contribution in [0, 0.1) is 0 Å². The van der Waals surface area contributed by atoms with E-state index in [2.05, 4.69) is 20.0 Å². The Labute approximate surface area is 110 Å². The summed E-state index contributed by atoms with van der Waals surface area (Å²) < 4.78 is 0. The molecule has 0 nitrogen and oxygen atoms in total. The normalized spacial score (nSPS) is 9.60. The molecule has 0 radical (unpaired) electrons. The van der Waals surface area contributed by atoms with E-state index in [4.69, 9.17) is 0 Å². The van der Waals surface area contributed by atoms with Gasteiger partial charge in [0.25, 0.3) is 0 Å². The summed E-state index contributed by atoms with van der Waals surface area (Å²) in [6, 6.07) is 1.52. The van der Waals surface area contributed by atoms with Crippen LogP contribution in [0.25, 0.3) is 0 Å². The first kappa shape index (κ1) is 14.4. The zero-order chi connectivity index (χ0) is 7.11. The van der Waals surface area contributed by atoms with E-state index in [-0.39, 0.29) is 60.2 Å². The van der Waals surface area contributed by atoms with Crippen molar-refractivity contribution in [3.63, 3.8) is 0 Å². The van der Waals surface area contributed by atoms with Gasteiger partial charge in [-0.2, -0.15) is 19.1 Å². The number of rotatable bonds is 5. The predicted octanol–water partition coefficient (Wildman–Crippen LogP) is 0.325. The van der Waals surface area contributed by atoms with E-state index in [1.54, 1.807) is 0 Å². The van der Waals surface area contributed by atoms with Crippen molar-refractivity contribution >= 4 is 8.80 Å². The number of hydrogen-bond acceptors (Lipinski definition) is 0. The first-order valence-electron chi connectivity index (χ1n) is 4.06. The maximum atomic E-state index is 2.40. The molecule has 10 heavy (non-hydrogen) atoms. The molecule has 0 aromatic rings. The third kappa shape index (κ3) is 12.5. The first-order valence-corrected chi connectivity index (χ1v) is 6.77. The summed E-state index contributed by atoms with van der Waals surface area (Å²) in [5, 5.41) is 0. The molecule has 0 N–H and O–H groups in total. The second kappa shape index (κ2) is 10.9. The fourth-order valence-corrected chi connectivity index (χ4v) is 1.86. The molecule has 2 heteroatoms. The largest absolute Gasteiger partial charge is 1.00 e. The molecule has 0 amide bonds. The summed E-state index contributed by atoms with van der Waals surface area (Å²) in [5.41, 5.74) is 0.